The first-order valence-corrected chi connectivity index (χ1v) is 4.40. The molecule has 0 amide bonds. The van der Waals surface area contributed by atoms with Crippen molar-refractivity contribution in [2.45, 2.75) is 20.3 Å². The highest BCUT2D eigenvalue weighted by Crippen LogP contribution is 2.23. The van der Waals surface area contributed by atoms with Crippen LogP contribution in [0.4, 0.5) is 0 Å². The Balaban J connectivity index is 3.15. The zero-order valence-electron chi connectivity index (χ0n) is 8.63. The lowest BCUT2D eigenvalue weighted by Gasteiger charge is -2.10. The zero-order chi connectivity index (χ0) is 10.7. The van der Waals surface area contributed by atoms with Gasteiger partial charge in [0.05, 0.1) is 13.5 Å². The average molecular weight is 194 g/mol. The minimum atomic E-state index is -0.819. The van der Waals surface area contributed by atoms with Gasteiger partial charge in [-0.1, -0.05) is 6.07 Å². The summed E-state index contributed by atoms with van der Waals surface area (Å²) in [6, 6.07) is 3.78. The highest BCUT2D eigenvalue weighted by Gasteiger charge is 2.08. The maximum atomic E-state index is 10.6. The molecule has 0 aliphatic heterocycles. The minimum Gasteiger partial charge on any atom is -0.496 e. The Bertz CT molecular complexity index is 356. The van der Waals surface area contributed by atoms with Gasteiger partial charge >= 0.3 is 5.97 Å². The molecule has 0 fully saturated rings. The predicted octanol–water partition coefficient (Wildman–Crippen LogP) is 1.94. The van der Waals surface area contributed by atoms with Crippen LogP contribution < -0.4 is 4.74 Å². The monoisotopic (exact) mass is 194 g/mol. The molecule has 0 aliphatic carbocycles. The first-order chi connectivity index (χ1) is 6.54. The third-order valence-corrected chi connectivity index (χ3v) is 2.17. The number of ether oxygens (including phenoxy) is 1. The van der Waals surface area contributed by atoms with Gasteiger partial charge in [-0.3, -0.25) is 4.79 Å². The van der Waals surface area contributed by atoms with E-state index in [0.29, 0.717) is 0 Å². The van der Waals surface area contributed by atoms with Crippen LogP contribution in [0.3, 0.4) is 0 Å². The molecule has 0 saturated heterocycles. The second-order valence-electron chi connectivity index (χ2n) is 3.32. The van der Waals surface area contributed by atoms with Crippen LogP contribution in [0.5, 0.6) is 5.75 Å². The lowest BCUT2D eigenvalue weighted by atomic mass is 10.0. The molecular formula is C11H14O3. The number of carboxylic acid groups (broad SMARTS) is 1. The third kappa shape index (κ3) is 2.25. The van der Waals surface area contributed by atoms with Gasteiger partial charge in [0.1, 0.15) is 5.75 Å². The number of benzene rings is 1. The summed E-state index contributed by atoms with van der Waals surface area (Å²) < 4.78 is 5.16. The van der Waals surface area contributed by atoms with Crippen LogP contribution in [0.15, 0.2) is 12.1 Å². The molecule has 0 unspecified atom stereocenters. The summed E-state index contributed by atoms with van der Waals surface area (Å²) in [6.45, 7) is 3.80. The summed E-state index contributed by atoms with van der Waals surface area (Å²) in [4.78, 5) is 10.6. The van der Waals surface area contributed by atoms with Gasteiger partial charge < -0.3 is 9.84 Å². The van der Waals surface area contributed by atoms with E-state index in [1.165, 1.54) is 0 Å². The number of hydrogen-bond donors (Lipinski definition) is 1. The fraction of sp³-hybridized carbons (Fsp3) is 0.364. The molecule has 0 saturated carbocycles. The predicted molar refractivity (Wildman–Crippen MR) is 53.8 cm³/mol. The van der Waals surface area contributed by atoms with Crippen molar-refractivity contribution in [1.82, 2.24) is 0 Å². The lowest BCUT2D eigenvalue weighted by molar-refractivity contribution is -0.136. The highest BCUT2D eigenvalue weighted by molar-refractivity contribution is 5.71. The van der Waals surface area contributed by atoms with E-state index in [2.05, 4.69) is 0 Å². The molecule has 1 aromatic carbocycles. The fourth-order valence-corrected chi connectivity index (χ4v) is 1.46. The largest absolute Gasteiger partial charge is 0.496 e. The van der Waals surface area contributed by atoms with E-state index in [1.807, 2.05) is 26.0 Å². The van der Waals surface area contributed by atoms with Crippen molar-refractivity contribution in [3.8, 4) is 5.75 Å². The number of carbonyl (C=O) groups is 1. The summed E-state index contributed by atoms with van der Waals surface area (Å²) in [5.41, 5.74) is 2.73. The van der Waals surface area contributed by atoms with Crippen molar-refractivity contribution in [1.29, 1.82) is 0 Å². The van der Waals surface area contributed by atoms with Crippen LogP contribution in [-0.2, 0) is 11.2 Å². The average Bonchev–Trinajstić information content (AvgIpc) is 2.09. The molecule has 0 spiro atoms. The molecule has 3 nitrogen and oxygen atoms in total. The molecule has 3 heteroatoms. The number of aliphatic carboxylic acids is 1. The molecule has 1 rings (SSSR count). The van der Waals surface area contributed by atoms with Crippen LogP contribution in [0.1, 0.15) is 16.7 Å². The lowest BCUT2D eigenvalue weighted by Crippen LogP contribution is -2.03. The number of carboxylic acids is 1. The minimum absolute atomic E-state index is 0.0455. The molecule has 14 heavy (non-hydrogen) atoms. The van der Waals surface area contributed by atoms with Crippen LogP contribution in [0, 0.1) is 13.8 Å². The van der Waals surface area contributed by atoms with Crippen molar-refractivity contribution < 1.29 is 14.6 Å². The van der Waals surface area contributed by atoms with Crippen LogP contribution in [-0.4, -0.2) is 18.2 Å². The van der Waals surface area contributed by atoms with Crippen LogP contribution in [0.25, 0.3) is 0 Å². The summed E-state index contributed by atoms with van der Waals surface area (Å²) >= 11 is 0. The Hall–Kier alpha value is -1.51. The van der Waals surface area contributed by atoms with Gasteiger partial charge in [-0.25, -0.2) is 0 Å². The van der Waals surface area contributed by atoms with E-state index in [-0.39, 0.29) is 6.42 Å². The molecule has 0 bridgehead atoms. The Labute approximate surface area is 83.3 Å². The van der Waals surface area contributed by atoms with Gasteiger partial charge in [0.2, 0.25) is 0 Å². The molecule has 0 aliphatic rings. The van der Waals surface area contributed by atoms with E-state index in [9.17, 15) is 4.79 Å². The summed E-state index contributed by atoms with van der Waals surface area (Å²) in [5.74, 6) is -0.0676. The van der Waals surface area contributed by atoms with Crippen molar-refractivity contribution in [3.63, 3.8) is 0 Å². The molecular weight excluding hydrogens is 180 g/mol. The fourth-order valence-electron chi connectivity index (χ4n) is 1.46. The molecule has 0 radical (unpaired) electrons. The van der Waals surface area contributed by atoms with Gasteiger partial charge in [-0.05, 0) is 36.6 Å². The first kappa shape index (κ1) is 10.6. The quantitative estimate of drug-likeness (QED) is 0.799. The summed E-state index contributed by atoms with van der Waals surface area (Å²) in [7, 11) is 1.59. The van der Waals surface area contributed by atoms with Crippen LogP contribution in [0.2, 0.25) is 0 Å². The maximum absolute atomic E-state index is 10.6. The molecule has 0 heterocycles. The van der Waals surface area contributed by atoms with E-state index in [1.54, 1.807) is 7.11 Å². The first-order valence-electron chi connectivity index (χ1n) is 4.40. The van der Waals surface area contributed by atoms with E-state index < -0.39 is 5.97 Å². The van der Waals surface area contributed by atoms with Gasteiger partial charge in [0, 0.05) is 0 Å². The SMILES string of the molecule is COc1cc(C)cc(CC(=O)O)c1C. The van der Waals surface area contributed by atoms with Crippen molar-refractivity contribution in [2.24, 2.45) is 0 Å². The van der Waals surface area contributed by atoms with E-state index >= 15 is 0 Å². The molecule has 0 aromatic heterocycles. The Morgan fingerprint density at radius 1 is 1.43 bits per heavy atom. The summed E-state index contributed by atoms with van der Waals surface area (Å²) in [6.07, 6.45) is 0.0455. The topological polar surface area (TPSA) is 46.5 Å². The van der Waals surface area contributed by atoms with Gasteiger partial charge in [0.25, 0.3) is 0 Å². The highest BCUT2D eigenvalue weighted by atomic mass is 16.5. The number of rotatable bonds is 3. The number of aryl methyl sites for hydroxylation is 1. The number of hydrogen-bond acceptors (Lipinski definition) is 2. The van der Waals surface area contributed by atoms with Crippen LogP contribution >= 0.6 is 0 Å². The van der Waals surface area contributed by atoms with Gasteiger partial charge in [0.15, 0.2) is 0 Å². The molecule has 1 aromatic rings. The summed E-state index contributed by atoms with van der Waals surface area (Å²) in [5, 5.41) is 8.71. The second kappa shape index (κ2) is 4.13. The van der Waals surface area contributed by atoms with E-state index in [4.69, 9.17) is 9.84 Å². The second-order valence-corrected chi connectivity index (χ2v) is 3.32. The Morgan fingerprint density at radius 3 is 2.57 bits per heavy atom. The van der Waals surface area contributed by atoms with Crippen molar-refractivity contribution in [2.75, 3.05) is 7.11 Å². The maximum Gasteiger partial charge on any atom is 0.307 e. The zero-order valence-corrected chi connectivity index (χ0v) is 8.63. The normalized spacial score (nSPS) is 9.93. The van der Waals surface area contributed by atoms with E-state index in [0.717, 1.165) is 22.4 Å². The van der Waals surface area contributed by atoms with Crippen molar-refractivity contribution >= 4 is 5.97 Å². The van der Waals surface area contributed by atoms with Gasteiger partial charge in [-0.15, -0.1) is 0 Å². The molecule has 1 N–H and O–H groups in total. The number of methoxy groups -OCH3 is 1. The Kier molecular flexibility index (Phi) is 3.12. The van der Waals surface area contributed by atoms with Gasteiger partial charge in [-0.2, -0.15) is 0 Å². The van der Waals surface area contributed by atoms with Crippen molar-refractivity contribution in [3.05, 3.63) is 28.8 Å². The Morgan fingerprint density at radius 2 is 2.07 bits per heavy atom. The molecule has 0 atom stereocenters. The third-order valence-electron chi connectivity index (χ3n) is 2.17. The smallest absolute Gasteiger partial charge is 0.307 e. The molecule has 76 valence electrons. The standard InChI is InChI=1S/C11H14O3/c1-7-4-9(6-11(12)13)8(2)10(5-7)14-3/h4-5H,6H2,1-3H3,(H,12,13).